The molecule has 2 atom stereocenters. The lowest BCUT2D eigenvalue weighted by Gasteiger charge is -2.19. The number of amides is 1. The highest BCUT2D eigenvalue weighted by molar-refractivity contribution is 6.30. The van der Waals surface area contributed by atoms with Crippen LogP contribution in [-0.4, -0.2) is 23.2 Å². The molecule has 0 radical (unpaired) electrons. The van der Waals surface area contributed by atoms with Crippen LogP contribution >= 0.6 is 11.6 Å². The number of alkyl halides is 4. The Morgan fingerprint density at radius 3 is 2.18 bits per heavy atom. The molecule has 0 aliphatic carbocycles. The highest BCUT2D eigenvalue weighted by Crippen LogP contribution is 2.31. The quantitative estimate of drug-likeness (QED) is 0.211. The van der Waals surface area contributed by atoms with E-state index in [2.05, 4.69) is 28.8 Å². The molecule has 39 heavy (non-hydrogen) atoms. The number of benzene rings is 2. The van der Waals surface area contributed by atoms with Crippen molar-refractivity contribution in [3.05, 3.63) is 100 Å². The van der Waals surface area contributed by atoms with E-state index in [1.54, 1.807) is 24.4 Å². The van der Waals surface area contributed by atoms with Crippen molar-refractivity contribution in [3.8, 4) is 12.3 Å². The lowest BCUT2D eigenvalue weighted by atomic mass is 9.88. The third-order valence-electron chi connectivity index (χ3n) is 5.64. The van der Waals surface area contributed by atoms with Crippen LogP contribution in [0.3, 0.4) is 0 Å². The molecule has 0 fully saturated rings. The van der Waals surface area contributed by atoms with E-state index in [0.29, 0.717) is 5.02 Å². The number of hydrogen-bond donors (Lipinski definition) is 1. The second kappa shape index (κ2) is 17.3. The van der Waals surface area contributed by atoms with Crippen LogP contribution in [-0.2, 0) is 17.6 Å². The van der Waals surface area contributed by atoms with E-state index >= 15 is 0 Å². The Hall–Kier alpha value is -3.37. The van der Waals surface area contributed by atoms with E-state index in [9.17, 15) is 22.4 Å². The van der Waals surface area contributed by atoms with Crippen molar-refractivity contribution in [3.63, 3.8) is 0 Å². The number of terminal acetylenes is 1. The Morgan fingerprint density at radius 1 is 1.03 bits per heavy atom. The number of aryl methyl sites for hydroxylation is 1. The van der Waals surface area contributed by atoms with Crippen molar-refractivity contribution in [1.82, 2.24) is 4.98 Å². The molecule has 1 amide bonds. The number of aromatic nitrogens is 1. The van der Waals surface area contributed by atoms with Gasteiger partial charge in [0.15, 0.2) is 0 Å². The van der Waals surface area contributed by atoms with E-state index < -0.39 is 18.8 Å². The summed E-state index contributed by atoms with van der Waals surface area (Å²) in [4.78, 5) is 13.5. The second-order valence-electron chi connectivity index (χ2n) is 9.22. The fraction of sp³-hybridized carbons (Fsp3) is 0.355. The van der Waals surface area contributed by atoms with Crippen LogP contribution in [0, 0.1) is 12.3 Å². The molecular formula is C31H35ClF4N2O. The van der Waals surface area contributed by atoms with Crippen molar-refractivity contribution in [2.24, 2.45) is 5.73 Å². The molecule has 2 N–H and O–H groups in total. The molecule has 0 bridgehead atoms. The summed E-state index contributed by atoms with van der Waals surface area (Å²) >= 11 is 5.83. The van der Waals surface area contributed by atoms with Gasteiger partial charge in [0.25, 0.3) is 0 Å². The van der Waals surface area contributed by atoms with Crippen molar-refractivity contribution >= 4 is 17.5 Å². The maximum Gasteiger partial charge on any atom is 0.311 e. The number of rotatable bonds is 9. The Kier molecular flexibility index (Phi) is 14.9. The second-order valence-corrected chi connectivity index (χ2v) is 9.66. The summed E-state index contributed by atoms with van der Waals surface area (Å²) in [5.41, 5.74) is 7.76. The van der Waals surface area contributed by atoms with Crippen molar-refractivity contribution < 1.29 is 22.4 Å². The Balaban J connectivity index is 0.000000446. The maximum absolute atomic E-state index is 13.3. The minimum Gasteiger partial charge on any atom is -0.370 e. The van der Waals surface area contributed by atoms with Crippen LogP contribution in [0.15, 0.2) is 72.9 Å². The van der Waals surface area contributed by atoms with Crippen molar-refractivity contribution in [2.75, 3.05) is 0 Å². The standard InChI is InChI=1S/C19H20ClF4N.C10H10.C2H5NO/c1-12(8-13(2)17-7-6-16(20)11-25-17)15-5-3-4-14(9-15)10-19(23,24)18(21)22;1-2-3-7-10-8-5-4-6-9-10;1-2(3)4/h3-7,9,11-13,18H,8,10H2,1-2H3;1,4-6,8-9H,3,7H2;1H3,(H2,3,4). The number of carbonyl (C=O) groups excluding carboxylic acids is 1. The lowest BCUT2D eigenvalue weighted by Crippen LogP contribution is -2.29. The maximum atomic E-state index is 13.3. The first-order valence-corrected chi connectivity index (χ1v) is 12.8. The topological polar surface area (TPSA) is 56.0 Å². The highest BCUT2D eigenvalue weighted by Gasteiger charge is 2.40. The number of primary amides is 1. The number of pyridine rings is 1. The first-order valence-electron chi connectivity index (χ1n) is 12.4. The molecule has 0 spiro atoms. The molecule has 1 aromatic heterocycles. The Morgan fingerprint density at radius 2 is 1.64 bits per heavy atom. The molecule has 0 saturated carbocycles. The van der Waals surface area contributed by atoms with Crippen LogP contribution in [0.2, 0.25) is 5.02 Å². The van der Waals surface area contributed by atoms with E-state index in [-0.39, 0.29) is 23.3 Å². The van der Waals surface area contributed by atoms with Gasteiger partial charge in [-0.1, -0.05) is 80.0 Å². The number of nitrogens with two attached hydrogens (primary N) is 1. The number of carbonyl (C=O) groups is 1. The van der Waals surface area contributed by atoms with E-state index in [0.717, 1.165) is 30.5 Å². The average molecular weight is 563 g/mol. The zero-order chi connectivity index (χ0) is 29.4. The van der Waals surface area contributed by atoms with E-state index in [1.807, 2.05) is 44.2 Å². The largest absolute Gasteiger partial charge is 0.370 e. The van der Waals surface area contributed by atoms with Gasteiger partial charge in [-0.05, 0) is 53.5 Å². The first-order chi connectivity index (χ1) is 18.4. The summed E-state index contributed by atoms with van der Waals surface area (Å²) in [5, 5.41) is 0.566. The number of hydrogen-bond acceptors (Lipinski definition) is 2. The van der Waals surface area contributed by atoms with Crippen molar-refractivity contribution in [1.29, 1.82) is 0 Å². The van der Waals surface area contributed by atoms with E-state index in [4.69, 9.17) is 18.0 Å². The Bertz CT molecular complexity index is 1160. The predicted octanol–water partition coefficient (Wildman–Crippen LogP) is 8.22. The molecule has 0 aliphatic heterocycles. The summed E-state index contributed by atoms with van der Waals surface area (Å²) in [6.07, 6.45) is 4.68. The fourth-order valence-corrected chi connectivity index (χ4v) is 3.80. The third kappa shape index (κ3) is 13.8. The van der Waals surface area contributed by atoms with Gasteiger partial charge < -0.3 is 5.73 Å². The monoisotopic (exact) mass is 562 g/mol. The highest BCUT2D eigenvalue weighted by atomic mass is 35.5. The molecule has 0 saturated heterocycles. The molecule has 3 aromatic rings. The molecule has 3 rings (SSSR count). The van der Waals surface area contributed by atoms with Crippen LogP contribution in [0.4, 0.5) is 17.6 Å². The van der Waals surface area contributed by atoms with Gasteiger partial charge in [-0.3, -0.25) is 9.78 Å². The average Bonchev–Trinajstić information content (AvgIpc) is 2.88. The summed E-state index contributed by atoms with van der Waals surface area (Å²) < 4.78 is 51.3. The molecule has 210 valence electrons. The van der Waals surface area contributed by atoms with Crippen molar-refractivity contribution in [2.45, 2.75) is 70.6 Å². The van der Waals surface area contributed by atoms with Crippen LogP contribution in [0.1, 0.15) is 67.8 Å². The van der Waals surface area contributed by atoms with E-state index in [1.165, 1.54) is 18.6 Å². The van der Waals surface area contributed by atoms with Crippen LogP contribution in [0.25, 0.3) is 0 Å². The molecular weight excluding hydrogens is 528 g/mol. The number of nitrogens with zero attached hydrogens (tertiary/aromatic N) is 1. The zero-order valence-corrected chi connectivity index (χ0v) is 23.1. The van der Waals surface area contributed by atoms with Crippen LogP contribution in [0.5, 0.6) is 0 Å². The summed E-state index contributed by atoms with van der Waals surface area (Å²) in [7, 11) is 0. The molecule has 0 aliphatic rings. The van der Waals surface area contributed by atoms with Gasteiger partial charge in [-0.2, -0.15) is 8.78 Å². The summed E-state index contributed by atoms with van der Waals surface area (Å²) in [6, 6.07) is 20.4. The zero-order valence-electron chi connectivity index (χ0n) is 22.4. The third-order valence-corrected chi connectivity index (χ3v) is 5.87. The smallest absolute Gasteiger partial charge is 0.311 e. The summed E-state index contributed by atoms with van der Waals surface area (Å²) in [5.74, 6) is -1.50. The summed E-state index contributed by atoms with van der Waals surface area (Å²) in [6.45, 7) is 5.32. The fourth-order valence-electron chi connectivity index (χ4n) is 3.69. The van der Waals surface area contributed by atoms with Gasteiger partial charge in [-0.15, -0.1) is 12.3 Å². The molecule has 8 heteroatoms. The van der Waals surface area contributed by atoms with Crippen LogP contribution < -0.4 is 5.73 Å². The molecule has 2 unspecified atom stereocenters. The molecule has 2 aromatic carbocycles. The number of halogens is 5. The lowest BCUT2D eigenvalue weighted by molar-refractivity contribution is -0.127. The SMILES string of the molecule is C#CCCc1ccccc1.CC(CC(C)c1ccc(Cl)cn1)c1cccc(CC(F)(F)C(F)F)c1.CC(N)=O. The minimum atomic E-state index is -4.01. The van der Waals surface area contributed by atoms with Gasteiger partial charge >= 0.3 is 12.3 Å². The van der Waals surface area contributed by atoms with Gasteiger partial charge in [-0.25, -0.2) is 8.78 Å². The molecule has 3 nitrogen and oxygen atoms in total. The minimum absolute atomic E-state index is 0.0765. The first kappa shape index (κ1) is 33.7. The Labute approximate surface area is 233 Å². The predicted molar refractivity (Wildman–Crippen MR) is 150 cm³/mol. The van der Waals surface area contributed by atoms with Gasteiger partial charge in [0, 0.05) is 31.7 Å². The normalized spacial score (nSPS) is 12.2. The van der Waals surface area contributed by atoms with Gasteiger partial charge in [0.2, 0.25) is 5.91 Å². The molecule has 1 heterocycles. The van der Waals surface area contributed by atoms with Gasteiger partial charge in [0.1, 0.15) is 0 Å². The van der Waals surface area contributed by atoms with Gasteiger partial charge in [0.05, 0.1) is 5.02 Å².